The zero-order chi connectivity index (χ0) is 14.0. The van der Waals surface area contributed by atoms with Gasteiger partial charge in [-0.05, 0) is 31.9 Å². The van der Waals surface area contributed by atoms with Crippen molar-refractivity contribution in [2.75, 3.05) is 13.1 Å². The van der Waals surface area contributed by atoms with E-state index < -0.39 is 10.0 Å². The van der Waals surface area contributed by atoms with Gasteiger partial charge < -0.3 is 0 Å². The number of hydrogen-bond acceptors (Lipinski definition) is 5. The van der Waals surface area contributed by atoms with Crippen LogP contribution in [0, 0.1) is 17.2 Å². The molecule has 5 nitrogen and oxygen atoms in total. The number of nitrogens with zero attached hydrogens (tertiary/aromatic N) is 2. The van der Waals surface area contributed by atoms with Gasteiger partial charge in [0, 0.05) is 19.0 Å². The van der Waals surface area contributed by atoms with Crippen molar-refractivity contribution in [3.63, 3.8) is 0 Å². The van der Waals surface area contributed by atoms with Gasteiger partial charge in [-0.15, -0.1) is 11.3 Å². The van der Waals surface area contributed by atoms with Gasteiger partial charge in [0.15, 0.2) is 0 Å². The highest BCUT2D eigenvalue weighted by Crippen LogP contribution is 2.28. The van der Waals surface area contributed by atoms with Gasteiger partial charge >= 0.3 is 0 Å². The van der Waals surface area contributed by atoms with Gasteiger partial charge in [-0.2, -0.15) is 9.57 Å². The summed E-state index contributed by atoms with van der Waals surface area (Å²) in [6, 6.07) is 4.89. The van der Waals surface area contributed by atoms with Crippen molar-refractivity contribution in [3.05, 3.63) is 17.0 Å². The van der Waals surface area contributed by atoms with E-state index in [9.17, 15) is 13.2 Å². The van der Waals surface area contributed by atoms with Crippen LogP contribution in [0.4, 0.5) is 0 Å². The number of thiophene rings is 1. The SMILES string of the molecule is CC(=O)C1CCCN(S(=O)(=O)c2ccc(C#N)s2)C1. The minimum absolute atomic E-state index is 0.0313. The van der Waals surface area contributed by atoms with Crippen LogP contribution < -0.4 is 0 Å². The zero-order valence-corrected chi connectivity index (χ0v) is 12.1. The summed E-state index contributed by atoms with van der Waals surface area (Å²) in [4.78, 5) is 11.8. The smallest absolute Gasteiger partial charge is 0.252 e. The van der Waals surface area contributed by atoms with Crippen LogP contribution in [0.5, 0.6) is 0 Å². The zero-order valence-electron chi connectivity index (χ0n) is 10.5. The minimum Gasteiger partial charge on any atom is -0.300 e. The van der Waals surface area contributed by atoms with Crippen molar-refractivity contribution in [2.45, 2.75) is 24.0 Å². The van der Waals surface area contributed by atoms with Crippen LogP contribution in [0.25, 0.3) is 0 Å². The molecule has 1 atom stereocenters. The number of rotatable bonds is 3. The Labute approximate surface area is 116 Å². The lowest BCUT2D eigenvalue weighted by Gasteiger charge is -2.30. The van der Waals surface area contributed by atoms with Crippen LogP contribution in [-0.4, -0.2) is 31.6 Å². The first-order valence-electron chi connectivity index (χ1n) is 5.95. The normalized spacial score (nSPS) is 20.9. The first kappa shape index (κ1) is 14.2. The molecule has 1 aliphatic heterocycles. The molecule has 2 rings (SSSR count). The average Bonchev–Trinajstić information content (AvgIpc) is 2.88. The highest BCUT2D eigenvalue weighted by Gasteiger charge is 2.32. The summed E-state index contributed by atoms with van der Waals surface area (Å²) in [7, 11) is -3.57. The number of carbonyl (C=O) groups excluding carboxylic acids is 1. The molecule has 0 saturated carbocycles. The van der Waals surface area contributed by atoms with Gasteiger partial charge in [0.1, 0.15) is 20.9 Å². The molecule has 0 aliphatic carbocycles. The molecule has 102 valence electrons. The Morgan fingerprint density at radius 3 is 2.84 bits per heavy atom. The molecule has 2 heterocycles. The Morgan fingerprint density at radius 1 is 1.53 bits per heavy atom. The van der Waals surface area contributed by atoms with Gasteiger partial charge in [-0.1, -0.05) is 0 Å². The number of nitriles is 1. The van der Waals surface area contributed by atoms with E-state index in [1.807, 2.05) is 6.07 Å². The number of hydrogen-bond donors (Lipinski definition) is 0. The highest BCUT2D eigenvalue weighted by molar-refractivity contribution is 7.91. The maximum absolute atomic E-state index is 12.4. The first-order valence-corrected chi connectivity index (χ1v) is 8.21. The molecular weight excluding hydrogens is 284 g/mol. The molecule has 0 aromatic carbocycles. The molecule has 0 N–H and O–H groups in total. The number of carbonyl (C=O) groups is 1. The maximum Gasteiger partial charge on any atom is 0.252 e. The molecule has 1 unspecified atom stereocenters. The molecular formula is C12H14N2O3S2. The average molecular weight is 298 g/mol. The molecule has 0 bridgehead atoms. The third-order valence-corrected chi connectivity index (χ3v) is 6.57. The molecule has 0 radical (unpaired) electrons. The monoisotopic (exact) mass is 298 g/mol. The molecule has 1 saturated heterocycles. The van der Waals surface area contributed by atoms with E-state index >= 15 is 0 Å². The van der Waals surface area contributed by atoms with Crippen LogP contribution in [-0.2, 0) is 14.8 Å². The summed E-state index contributed by atoms with van der Waals surface area (Å²) in [5, 5.41) is 8.75. The van der Waals surface area contributed by atoms with Crippen molar-refractivity contribution >= 4 is 27.1 Å². The number of sulfonamides is 1. The Bertz CT molecular complexity index is 628. The van der Waals surface area contributed by atoms with Crippen LogP contribution >= 0.6 is 11.3 Å². The summed E-state index contributed by atoms with van der Waals surface area (Å²) < 4.78 is 26.3. The van der Waals surface area contributed by atoms with Gasteiger partial charge in [0.25, 0.3) is 10.0 Å². The van der Waals surface area contributed by atoms with Crippen molar-refractivity contribution in [1.82, 2.24) is 4.31 Å². The van der Waals surface area contributed by atoms with Crippen molar-refractivity contribution < 1.29 is 13.2 Å². The summed E-state index contributed by atoms with van der Waals surface area (Å²) in [6.45, 7) is 2.18. The highest BCUT2D eigenvalue weighted by atomic mass is 32.2. The van der Waals surface area contributed by atoms with Crippen LogP contribution in [0.3, 0.4) is 0 Å². The second kappa shape index (κ2) is 5.41. The van der Waals surface area contributed by atoms with Gasteiger partial charge in [0.05, 0.1) is 0 Å². The molecule has 7 heteroatoms. The third-order valence-electron chi connectivity index (χ3n) is 3.24. The topological polar surface area (TPSA) is 78.2 Å². The van der Waals surface area contributed by atoms with E-state index in [0.29, 0.717) is 17.8 Å². The quantitative estimate of drug-likeness (QED) is 0.849. The fourth-order valence-electron chi connectivity index (χ4n) is 2.14. The molecule has 1 aromatic rings. The molecule has 1 aromatic heterocycles. The van der Waals surface area contributed by atoms with E-state index in [2.05, 4.69) is 0 Å². The number of Topliss-reactive ketones (excluding diaryl/α,β-unsaturated/α-hetero) is 1. The fourth-order valence-corrected chi connectivity index (χ4v) is 4.92. The first-order chi connectivity index (χ1) is 8.95. The lowest BCUT2D eigenvalue weighted by Crippen LogP contribution is -2.41. The number of ketones is 1. The second-order valence-corrected chi connectivity index (χ2v) is 7.79. The summed E-state index contributed by atoms with van der Waals surface area (Å²) in [5.41, 5.74) is 0. The molecule has 0 spiro atoms. The van der Waals surface area contributed by atoms with E-state index in [-0.39, 0.29) is 22.5 Å². The lowest BCUT2D eigenvalue weighted by molar-refractivity contribution is -0.121. The van der Waals surface area contributed by atoms with E-state index in [0.717, 1.165) is 17.8 Å². The predicted molar refractivity (Wildman–Crippen MR) is 71.2 cm³/mol. The molecule has 0 amide bonds. The summed E-state index contributed by atoms with van der Waals surface area (Å²) in [5.74, 6) is -0.178. The van der Waals surface area contributed by atoms with Crippen LogP contribution in [0.1, 0.15) is 24.6 Å². The van der Waals surface area contributed by atoms with Gasteiger partial charge in [-0.25, -0.2) is 8.42 Å². The Hall–Kier alpha value is -1.23. The van der Waals surface area contributed by atoms with Crippen molar-refractivity contribution in [2.24, 2.45) is 5.92 Å². The lowest BCUT2D eigenvalue weighted by atomic mass is 9.96. The number of piperidine rings is 1. The molecule has 19 heavy (non-hydrogen) atoms. The Balaban J connectivity index is 2.24. The summed E-state index contributed by atoms with van der Waals surface area (Å²) >= 11 is 0.967. The minimum atomic E-state index is -3.57. The fraction of sp³-hybridized carbons (Fsp3) is 0.500. The van der Waals surface area contributed by atoms with Crippen LogP contribution in [0.15, 0.2) is 16.3 Å². The van der Waals surface area contributed by atoms with Crippen molar-refractivity contribution in [3.8, 4) is 6.07 Å². The largest absolute Gasteiger partial charge is 0.300 e. The Kier molecular flexibility index (Phi) is 4.04. The van der Waals surface area contributed by atoms with Crippen LogP contribution in [0.2, 0.25) is 0 Å². The standard InChI is InChI=1S/C12H14N2O3S2/c1-9(15)10-3-2-6-14(8-10)19(16,17)12-5-4-11(7-13)18-12/h4-5,10H,2-3,6,8H2,1H3. The van der Waals surface area contributed by atoms with Gasteiger partial charge in [-0.3, -0.25) is 4.79 Å². The van der Waals surface area contributed by atoms with Gasteiger partial charge in [0.2, 0.25) is 0 Å². The van der Waals surface area contributed by atoms with E-state index in [1.165, 1.54) is 23.4 Å². The molecule has 1 aliphatic rings. The molecule has 1 fully saturated rings. The van der Waals surface area contributed by atoms with E-state index in [1.54, 1.807) is 0 Å². The van der Waals surface area contributed by atoms with Crippen molar-refractivity contribution in [1.29, 1.82) is 5.26 Å². The second-order valence-electron chi connectivity index (χ2n) is 4.54. The third kappa shape index (κ3) is 2.86. The predicted octanol–water partition coefficient (Wildman–Crippen LogP) is 1.61. The van der Waals surface area contributed by atoms with E-state index in [4.69, 9.17) is 5.26 Å². The summed E-state index contributed by atoms with van der Waals surface area (Å²) in [6.07, 6.45) is 1.44. The maximum atomic E-state index is 12.4. The Morgan fingerprint density at radius 2 is 2.26 bits per heavy atom.